The molecule has 0 aliphatic carbocycles. The average Bonchev–Trinajstić information content (AvgIpc) is 2.38. The van der Waals surface area contributed by atoms with Crippen molar-refractivity contribution in [3.8, 4) is 0 Å². The monoisotopic (exact) mass is 315 g/mol. The number of halogens is 1. The minimum atomic E-state index is -0.972. The average molecular weight is 316 g/mol. The van der Waals surface area contributed by atoms with Crippen molar-refractivity contribution in [2.45, 2.75) is 25.8 Å². The van der Waals surface area contributed by atoms with Crippen LogP contribution < -0.4 is 5.32 Å². The largest absolute Gasteiger partial charge is 0.394 e. The van der Waals surface area contributed by atoms with Crippen molar-refractivity contribution in [1.82, 2.24) is 5.32 Å². The Kier molecular flexibility index (Phi) is 5.31. The summed E-state index contributed by atoms with van der Waals surface area (Å²) in [5, 5.41) is 21.3. The fraction of sp³-hybridized carbons (Fsp3) is 0.462. The van der Waals surface area contributed by atoms with Crippen molar-refractivity contribution < 1.29 is 15.0 Å². The molecule has 0 radical (unpaired) electrons. The number of aliphatic hydroxyl groups excluding tert-OH is 2. The predicted molar refractivity (Wildman–Crippen MR) is 73.5 cm³/mol. The normalized spacial score (nSPS) is 11.4. The topological polar surface area (TPSA) is 69.6 Å². The molecule has 1 aromatic carbocycles. The first kappa shape index (κ1) is 15.1. The maximum Gasteiger partial charge on any atom is 0.253 e. The zero-order chi connectivity index (χ0) is 13.8. The molecule has 5 heteroatoms. The summed E-state index contributed by atoms with van der Waals surface area (Å²) in [5.41, 5.74) is 0.494. The van der Waals surface area contributed by atoms with Crippen molar-refractivity contribution in [2.24, 2.45) is 0 Å². The predicted octanol–water partition coefficient (Wildman–Crippen LogP) is 1.62. The van der Waals surface area contributed by atoms with E-state index in [-0.39, 0.29) is 19.1 Å². The van der Waals surface area contributed by atoms with Gasteiger partial charge in [0.25, 0.3) is 5.91 Å². The third-order valence-corrected chi connectivity index (χ3v) is 3.72. The number of nitrogens with one attached hydrogen (secondary N) is 1. The smallest absolute Gasteiger partial charge is 0.253 e. The molecule has 1 amide bonds. The molecule has 0 spiro atoms. The lowest BCUT2D eigenvalue weighted by molar-refractivity contribution is 0.0652. The van der Waals surface area contributed by atoms with Crippen LogP contribution in [0.3, 0.4) is 0 Å². The van der Waals surface area contributed by atoms with Crippen LogP contribution in [0.1, 0.15) is 29.3 Å². The second kappa shape index (κ2) is 6.31. The van der Waals surface area contributed by atoms with Crippen molar-refractivity contribution in [2.75, 3.05) is 13.2 Å². The molecule has 0 bridgehead atoms. The Bertz CT molecular complexity index is 422. The van der Waals surface area contributed by atoms with Gasteiger partial charge in [0.15, 0.2) is 0 Å². The van der Waals surface area contributed by atoms with E-state index < -0.39 is 5.54 Å². The molecule has 0 aliphatic heterocycles. The third-order valence-electron chi connectivity index (χ3n) is 3.03. The van der Waals surface area contributed by atoms with Gasteiger partial charge < -0.3 is 15.5 Å². The number of aliphatic hydroxyl groups is 2. The molecule has 100 valence electrons. The van der Waals surface area contributed by atoms with Crippen LogP contribution in [0.5, 0.6) is 0 Å². The van der Waals surface area contributed by atoms with Crippen LogP contribution in [0.25, 0.3) is 0 Å². The lowest BCUT2D eigenvalue weighted by atomic mass is 9.97. The molecule has 0 saturated carbocycles. The first-order valence-electron chi connectivity index (χ1n) is 5.78. The number of amides is 1. The summed E-state index contributed by atoms with van der Waals surface area (Å²) in [6, 6.07) is 5.45. The van der Waals surface area contributed by atoms with Gasteiger partial charge in [-0.15, -0.1) is 0 Å². The fourth-order valence-corrected chi connectivity index (χ4v) is 1.99. The van der Waals surface area contributed by atoms with Gasteiger partial charge >= 0.3 is 0 Å². The van der Waals surface area contributed by atoms with Gasteiger partial charge in [-0.3, -0.25) is 4.79 Å². The highest BCUT2D eigenvalue weighted by Gasteiger charge is 2.29. The SMILES string of the molecule is CCC(CO)(CO)NC(=O)c1cc(C)ccc1Br. The summed E-state index contributed by atoms with van der Waals surface area (Å²) < 4.78 is 0.687. The maximum atomic E-state index is 12.1. The number of hydrogen-bond donors (Lipinski definition) is 3. The molecule has 0 atom stereocenters. The van der Waals surface area contributed by atoms with Crippen LogP contribution in [0.2, 0.25) is 0 Å². The summed E-state index contributed by atoms with van der Waals surface area (Å²) in [6.07, 6.45) is 0.454. The van der Waals surface area contributed by atoms with E-state index in [4.69, 9.17) is 0 Å². The Morgan fingerprint density at radius 2 is 2.00 bits per heavy atom. The number of rotatable bonds is 5. The molecule has 0 aliphatic rings. The van der Waals surface area contributed by atoms with E-state index >= 15 is 0 Å². The van der Waals surface area contributed by atoms with E-state index in [2.05, 4.69) is 21.2 Å². The molecule has 18 heavy (non-hydrogen) atoms. The van der Waals surface area contributed by atoms with E-state index in [9.17, 15) is 15.0 Å². The number of benzene rings is 1. The van der Waals surface area contributed by atoms with E-state index in [1.807, 2.05) is 13.0 Å². The number of hydrogen-bond acceptors (Lipinski definition) is 3. The lowest BCUT2D eigenvalue weighted by Crippen LogP contribution is -2.53. The van der Waals surface area contributed by atoms with Gasteiger partial charge in [-0.05, 0) is 41.4 Å². The highest BCUT2D eigenvalue weighted by Crippen LogP contribution is 2.19. The fourth-order valence-electron chi connectivity index (χ4n) is 1.56. The first-order chi connectivity index (χ1) is 8.48. The minimum absolute atomic E-state index is 0.296. The minimum Gasteiger partial charge on any atom is -0.394 e. The first-order valence-corrected chi connectivity index (χ1v) is 6.57. The maximum absolute atomic E-state index is 12.1. The van der Waals surface area contributed by atoms with Crippen LogP contribution in [-0.2, 0) is 0 Å². The van der Waals surface area contributed by atoms with Crippen LogP contribution in [0.4, 0.5) is 0 Å². The van der Waals surface area contributed by atoms with E-state index in [0.29, 0.717) is 16.5 Å². The van der Waals surface area contributed by atoms with Gasteiger partial charge in [0.1, 0.15) is 0 Å². The van der Waals surface area contributed by atoms with Gasteiger partial charge in [0, 0.05) is 4.47 Å². The van der Waals surface area contributed by atoms with Crippen LogP contribution in [0.15, 0.2) is 22.7 Å². The molecular weight excluding hydrogens is 298 g/mol. The highest BCUT2D eigenvalue weighted by molar-refractivity contribution is 9.10. The second-order valence-electron chi connectivity index (χ2n) is 4.39. The van der Waals surface area contributed by atoms with Crippen molar-refractivity contribution >= 4 is 21.8 Å². The van der Waals surface area contributed by atoms with Crippen molar-refractivity contribution in [3.05, 3.63) is 33.8 Å². The van der Waals surface area contributed by atoms with Crippen LogP contribution in [-0.4, -0.2) is 34.9 Å². The molecule has 0 heterocycles. The zero-order valence-electron chi connectivity index (χ0n) is 10.5. The van der Waals surface area contributed by atoms with Gasteiger partial charge in [0.05, 0.1) is 24.3 Å². The summed E-state index contributed by atoms with van der Waals surface area (Å²) >= 11 is 3.32. The molecule has 1 aromatic rings. The zero-order valence-corrected chi connectivity index (χ0v) is 12.1. The van der Waals surface area contributed by atoms with Gasteiger partial charge in [-0.25, -0.2) is 0 Å². The number of aryl methyl sites for hydroxylation is 1. The second-order valence-corrected chi connectivity index (χ2v) is 5.24. The Hall–Kier alpha value is -0.910. The molecule has 0 unspecified atom stereocenters. The molecule has 4 nitrogen and oxygen atoms in total. The molecular formula is C13H18BrNO3. The Morgan fingerprint density at radius 3 is 2.50 bits per heavy atom. The molecule has 3 N–H and O–H groups in total. The Labute approximate surface area is 115 Å². The summed E-state index contributed by atoms with van der Waals surface area (Å²) in [4.78, 5) is 12.1. The molecule has 0 fully saturated rings. The van der Waals surface area contributed by atoms with Crippen LogP contribution >= 0.6 is 15.9 Å². The Morgan fingerprint density at radius 1 is 1.39 bits per heavy atom. The summed E-state index contributed by atoms with van der Waals surface area (Å²) in [5.74, 6) is -0.310. The number of carbonyl (C=O) groups is 1. The lowest BCUT2D eigenvalue weighted by Gasteiger charge is -2.29. The summed E-state index contributed by atoms with van der Waals surface area (Å²) in [7, 11) is 0. The molecule has 0 aromatic heterocycles. The van der Waals surface area contributed by atoms with Crippen molar-refractivity contribution in [1.29, 1.82) is 0 Å². The van der Waals surface area contributed by atoms with E-state index in [1.165, 1.54) is 0 Å². The quantitative estimate of drug-likeness (QED) is 0.773. The van der Waals surface area contributed by atoms with Gasteiger partial charge in [-0.2, -0.15) is 0 Å². The summed E-state index contributed by atoms with van der Waals surface area (Å²) in [6.45, 7) is 3.11. The molecule has 1 rings (SSSR count). The highest BCUT2D eigenvalue weighted by atomic mass is 79.9. The van der Waals surface area contributed by atoms with Gasteiger partial charge in [0.2, 0.25) is 0 Å². The third kappa shape index (κ3) is 3.31. The standard InChI is InChI=1S/C13H18BrNO3/c1-3-13(7-16,8-17)15-12(18)10-6-9(2)4-5-11(10)14/h4-6,16-17H,3,7-8H2,1-2H3,(H,15,18). The van der Waals surface area contributed by atoms with E-state index in [0.717, 1.165) is 5.56 Å². The molecule has 0 saturated heterocycles. The Balaban J connectivity index is 2.97. The van der Waals surface area contributed by atoms with E-state index in [1.54, 1.807) is 19.1 Å². The number of carbonyl (C=O) groups excluding carboxylic acids is 1. The van der Waals surface area contributed by atoms with Crippen molar-refractivity contribution in [3.63, 3.8) is 0 Å². The van der Waals surface area contributed by atoms with Crippen LogP contribution in [0, 0.1) is 6.92 Å². The van der Waals surface area contributed by atoms with Gasteiger partial charge in [-0.1, -0.05) is 18.6 Å².